The summed E-state index contributed by atoms with van der Waals surface area (Å²) in [6.45, 7) is 1.06. The van der Waals surface area contributed by atoms with E-state index in [1.54, 1.807) is 7.11 Å². The highest BCUT2D eigenvalue weighted by Gasteiger charge is 2.04. The number of aliphatic hydroxyl groups excluding tert-OH is 1. The molecule has 0 aliphatic carbocycles. The third-order valence-corrected chi connectivity index (χ3v) is 2.66. The molecule has 0 aliphatic rings. The van der Waals surface area contributed by atoms with Crippen LogP contribution < -0.4 is 4.74 Å². The molecule has 0 spiro atoms. The van der Waals surface area contributed by atoms with Crippen LogP contribution in [0.1, 0.15) is 5.56 Å². The van der Waals surface area contributed by atoms with E-state index in [1.807, 2.05) is 18.2 Å². The lowest BCUT2D eigenvalue weighted by atomic mass is 10.2. The lowest BCUT2D eigenvalue weighted by Gasteiger charge is -2.09. The van der Waals surface area contributed by atoms with Gasteiger partial charge in [-0.1, -0.05) is 12.1 Å². The molecule has 3 nitrogen and oxygen atoms in total. The van der Waals surface area contributed by atoms with E-state index >= 15 is 0 Å². The van der Waals surface area contributed by atoms with Crippen LogP contribution >= 0.6 is 15.9 Å². The van der Waals surface area contributed by atoms with E-state index in [0.29, 0.717) is 13.2 Å². The van der Waals surface area contributed by atoms with Gasteiger partial charge in [-0.25, -0.2) is 0 Å². The molecule has 0 heterocycles. The molecule has 1 aromatic rings. The van der Waals surface area contributed by atoms with Gasteiger partial charge in [-0.15, -0.1) is 0 Å². The second kappa shape index (κ2) is 6.01. The average molecular weight is 261 g/mol. The molecule has 0 saturated heterocycles. The minimum atomic E-state index is 0.00204. The van der Waals surface area contributed by atoms with Crippen LogP contribution in [-0.4, -0.2) is 25.4 Å². The van der Waals surface area contributed by atoms with E-state index in [-0.39, 0.29) is 6.61 Å². The van der Waals surface area contributed by atoms with Crippen molar-refractivity contribution in [2.75, 3.05) is 20.3 Å². The Morgan fingerprint density at radius 2 is 2.14 bits per heavy atom. The molecule has 4 heteroatoms. The van der Waals surface area contributed by atoms with Gasteiger partial charge in [-0.05, 0) is 27.6 Å². The molecule has 0 aromatic heterocycles. The van der Waals surface area contributed by atoms with E-state index in [4.69, 9.17) is 14.6 Å². The third kappa shape index (κ3) is 2.97. The summed E-state index contributed by atoms with van der Waals surface area (Å²) in [4.78, 5) is 0. The van der Waals surface area contributed by atoms with Crippen LogP contribution in [0.15, 0.2) is 22.7 Å². The Bertz CT molecular complexity index is 289. The fourth-order valence-electron chi connectivity index (χ4n) is 1.02. The van der Waals surface area contributed by atoms with Gasteiger partial charge in [0.15, 0.2) is 0 Å². The van der Waals surface area contributed by atoms with Crippen molar-refractivity contribution in [1.29, 1.82) is 0 Å². The molecular weight excluding hydrogens is 248 g/mol. The van der Waals surface area contributed by atoms with Crippen molar-refractivity contribution in [2.45, 2.75) is 6.61 Å². The predicted molar refractivity (Wildman–Crippen MR) is 57.4 cm³/mol. The van der Waals surface area contributed by atoms with Crippen molar-refractivity contribution in [1.82, 2.24) is 0 Å². The zero-order valence-electron chi connectivity index (χ0n) is 8.00. The van der Waals surface area contributed by atoms with Gasteiger partial charge < -0.3 is 14.6 Å². The van der Waals surface area contributed by atoms with Gasteiger partial charge in [0.05, 0.1) is 17.7 Å². The quantitative estimate of drug-likeness (QED) is 0.823. The molecule has 0 atom stereocenters. The molecule has 0 unspecified atom stereocenters. The van der Waals surface area contributed by atoms with Crippen molar-refractivity contribution >= 4 is 15.9 Å². The molecule has 1 N–H and O–H groups in total. The number of ether oxygens (including phenoxy) is 2. The maximum atomic E-state index is 9.00. The van der Waals surface area contributed by atoms with Gasteiger partial charge >= 0.3 is 0 Å². The lowest BCUT2D eigenvalue weighted by molar-refractivity contribution is 0.145. The minimum absolute atomic E-state index is 0.00204. The first-order chi connectivity index (χ1) is 6.79. The standard InChI is InChI=1S/C10H13BrO3/c1-13-5-6-14-9-4-2-3-8(7-12)10(9)11/h2-4,12H,5-7H2,1H3. The number of rotatable bonds is 5. The molecule has 1 rings (SSSR count). The fourth-order valence-corrected chi connectivity index (χ4v) is 1.53. The van der Waals surface area contributed by atoms with Gasteiger partial charge in [0, 0.05) is 7.11 Å². The van der Waals surface area contributed by atoms with E-state index in [1.165, 1.54) is 0 Å². The molecule has 0 bridgehead atoms. The Kier molecular flexibility index (Phi) is 4.93. The molecule has 0 radical (unpaired) electrons. The smallest absolute Gasteiger partial charge is 0.133 e. The summed E-state index contributed by atoms with van der Waals surface area (Å²) >= 11 is 3.37. The van der Waals surface area contributed by atoms with Crippen LogP contribution in [0.5, 0.6) is 5.75 Å². The van der Waals surface area contributed by atoms with Crippen molar-refractivity contribution in [3.8, 4) is 5.75 Å². The number of hydrogen-bond acceptors (Lipinski definition) is 3. The zero-order chi connectivity index (χ0) is 10.4. The van der Waals surface area contributed by atoms with Crippen molar-refractivity contribution in [3.05, 3.63) is 28.2 Å². The Labute approximate surface area is 91.8 Å². The average Bonchev–Trinajstić information content (AvgIpc) is 2.21. The van der Waals surface area contributed by atoms with Crippen LogP contribution in [0.3, 0.4) is 0 Å². The highest BCUT2D eigenvalue weighted by Crippen LogP contribution is 2.28. The van der Waals surface area contributed by atoms with E-state index < -0.39 is 0 Å². The summed E-state index contributed by atoms with van der Waals surface area (Å²) in [5, 5.41) is 9.00. The van der Waals surface area contributed by atoms with Gasteiger partial charge in [-0.3, -0.25) is 0 Å². The molecular formula is C10H13BrO3. The molecule has 0 fully saturated rings. The summed E-state index contributed by atoms with van der Waals surface area (Å²) < 4.78 is 11.1. The number of benzene rings is 1. The maximum absolute atomic E-state index is 9.00. The Hall–Kier alpha value is -0.580. The largest absolute Gasteiger partial charge is 0.490 e. The van der Waals surface area contributed by atoms with Crippen LogP contribution in [0.25, 0.3) is 0 Å². The van der Waals surface area contributed by atoms with Gasteiger partial charge in [0.25, 0.3) is 0 Å². The molecule has 0 amide bonds. The Morgan fingerprint density at radius 1 is 1.36 bits per heavy atom. The lowest BCUT2D eigenvalue weighted by Crippen LogP contribution is -2.05. The summed E-state index contributed by atoms with van der Waals surface area (Å²) in [5.41, 5.74) is 0.819. The molecule has 1 aromatic carbocycles. The van der Waals surface area contributed by atoms with Gasteiger partial charge in [-0.2, -0.15) is 0 Å². The normalized spacial score (nSPS) is 10.2. The van der Waals surface area contributed by atoms with Gasteiger partial charge in [0.1, 0.15) is 12.4 Å². The Morgan fingerprint density at radius 3 is 2.79 bits per heavy atom. The third-order valence-electron chi connectivity index (χ3n) is 1.76. The summed E-state index contributed by atoms with van der Waals surface area (Å²) in [6, 6.07) is 5.53. The SMILES string of the molecule is COCCOc1cccc(CO)c1Br. The van der Waals surface area contributed by atoms with Crippen LogP contribution in [-0.2, 0) is 11.3 Å². The predicted octanol–water partition coefficient (Wildman–Crippen LogP) is 1.97. The van der Waals surface area contributed by atoms with E-state index in [0.717, 1.165) is 15.8 Å². The maximum Gasteiger partial charge on any atom is 0.133 e. The minimum Gasteiger partial charge on any atom is -0.490 e. The van der Waals surface area contributed by atoms with Crippen LogP contribution in [0, 0.1) is 0 Å². The van der Waals surface area contributed by atoms with Gasteiger partial charge in [0.2, 0.25) is 0 Å². The first-order valence-electron chi connectivity index (χ1n) is 4.29. The fraction of sp³-hybridized carbons (Fsp3) is 0.400. The zero-order valence-corrected chi connectivity index (χ0v) is 9.58. The number of hydrogen-bond donors (Lipinski definition) is 1. The summed E-state index contributed by atoms with van der Waals surface area (Å²) in [7, 11) is 1.63. The Balaban J connectivity index is 2.66. The van der Waals surface area contributed by atoms with Crippen LogP contribution in [0.2, 0.25) is 0 Å². The van der Waals surface area contributed by atoms with E-state index in [2.05, 4.69) is 15.9 Å². The highest BCUT2D eigenvalue weighted by molar-refractivity contribution is 9.10. The highest BCUT2D eigenvalue weighted by atomic mass is 79.9. The molecule has 14 heavy (non-hydrogen) atoms. The molecule has 0 saturated carbocycles. The summed E-state index contributed by atoms with van der Waals surface area (Å²) in [6.07, 6.45) is 0. The monoisotopic (exact) mass is 260 g/mol. The molecule has 0 aliphatic heterocycles. The number of aliphatic hydroxyl groups is 1. The first kappa shape index (κ1) is 11.5. The second-order valence-electron chi connectivity index (χ2n) is 2.73. The van der Waals surface area contributed by atoms with Crippen LogP contribution in [0.4, 0.5) is 0 Å². The summed E-state index contributed by atoms with van der Waals surface area (Å²) in [5.74, 6) is 0.730. The topological polar surface area (TPSA) is 38.7 Å². The second-order valence-corrected chi connectivity index (χ2v) is 3.52. The first-order valence-corrected chi connectivity index (χ1v) is 5.09. The molecule has 78 valence electrons. The van der Waals surface area contributed by atoms with Crippen molar-refractivity contribution in [3.63, 3.8) is 0 Å². The van der Waals surface area contributed by atoms with E-state index in [9.17, 15) is 0 Å². The number of methoxy groups -OCH3 is 1. The van der Waals surface area contributed by atoms with Crippen molar-refractivity contribution in [2.24, 2.45) is 0 Å². The number of halogens is 1. The van der Waals surface area contributed by atoms with Crippen molar-refractivity contribution < 1.29 is 14.6 Å².